The summed E-state index contributed by atoms with van der Waals surface area (Å²) in [5.74, 6) is -3.30. The number of rotatable bonds is 7. The Morgan fingerprint density at radius 1 is 1.13 bits per heavy atom. The maximum atomic E-state index is 12.5. The number of nitrogens with one attached hydrogen (secondary N) is 1. The molecular weight excluding hydrogens is 422 g/mol. The molecule has 1 aromatic carbocycles. The van der Waals surface area contributed by atoms with Crippen molar-refractivity contribution in [3.63, 3.8) is 0 Å². The Labute approximate surface area is 189 Å². The van der Waals surface area contributed by atoms with Crippen LogP contribution in [0.2, 0.25) is 5.02 Å². The van der Waals surface area contributed by atoms with Crippen LogP contribution in [0.25, 0.3) is 0 Å². The van der Waals surface area contributed by atoms with Crippen LogP contribution in [0.3, 0.4) is 0 Å². The molecule has 1 aliphatic rings. The van der Waals surface area contributed by atoms with Gasteiger partial charge in [-0.05, 0) is 57.1 Å². The minimum atomic E-state index is -1.82. The highest BCUT2D eigenvalue weighted by molar-refractivity contribution is 6.31. The van der Waals surface area contributed by atoms with Crippen LogP contribution in [0.1, 0.15) is 32.3 Å². The van der Waals surface area contributed by atoms with Crippen LogP contribution in [0.4, 0.5) is 0 Å². The van der Waals surface area contributed by atoms with Crippen molar-refractivity contribution in [3.05, 3.63) is 34.9 Å². The lowest BCUT2D eigenvalue weighted by Crippen LogP contribution is -2.44. The highest BCUT2D eigenvalue weighted by Crippen LogP contribution is 2.23. The zero-order valence-corrected chi connectivity index (χ0v) is 19.5. The minimum absolute atomic E-state index is 0.0872. The highest BCUT2D eigenvalue weighted by Gasteiger charge is 2.27. The largest absolute Gasteiger partial charge is 0.473 e. The first-order chi connectivity index (χ1) is 14.4. The van der Waals surface area contributed by atoms with Crippen LogP contribution in [0.15, 0.2) is 24.3 Å². The predicted molar refractivity (Wildman–Crippen MR) is 120 cm³/mol. The monoisotopic (exact) mass is 455 g/mol. The van der Waals surface area contributed by atoms with Gasteiger partial charge in [0.15, 0.2) is 0 Å². The average Bonchev–Trinajstić information content (AvgIpc) is 2.68. The lowest BCUT2D eigenvalue weighted by atomic mass is 9.91. The molecule has 2 rings (SSSR count). The molecule has 0 saturated carbocycles. The summed E-state index contributed by atoms with van der Waals surface area (Å²) in [6.07, 6.45) is 1.84. The Morgan fingerprint density at radius 2 is 1.68 bits per heavy atom. The number of aliphatic carboxylic acids is 2. The van der Waals surface area contributed by atoms with E-state index in [1.165, 1.54) is 0 Å². The first-order valence-electron chi connectivity index (χ1n) is 10.3. The Morgan fingerprint density at radius 3 is 2.16 bits per heavy atom. The molecule has 0 aliphatic carbocycles. The molecule has 31 heavy (non-hydrogen) atoms. The van der Waals surface area contributed by atoms with Crippen molar-refractivity contribution in [1.82, 2.24) is 15.1 Å². The van der Waals surface area contributed by atoms with Crippen LogP contribution in [0.5, 0.6) is 0 Å². The Balaban J connectivity index is 0.000000703. The summed E-state index contributed by atoms with van der Waals surface area (Å²) in [6.45, 7) is 8.84. The van der Waals surface area contributed by atoms with Gasteiger partial charge in [-0.15, -0.1) is 0 Å². The number of halogens is 1. The number of hydrogen-bond donors (Lipinski definition) is 3. The molecule has 0 bridgehead atoms. The van der Waals surface area contributed by atoms with E-state index in [9.17, 15) is 4.79 Å². The number of likely N-dealkylation sites (tertiary alicyclic amines) is 1. The number of amides is 1. The first-order valence-corrected chi connectivity index (χ1v) is 10.6. The fourth-order valence-electron chi connectivity index (χ4n) is 3.60. The number of carboxylic acid groups (broad SMARTS) is 2. The van der Waals surface area contributed by atoms with Crippen LogP contribution in [-0.4, -0.2) is 78.1 Å². The molecule has 1 aromatic rings. The Hall–Kier alpha value is -2.16. The zero-order chi connectivity index (χ0) is 23.6. The normalized spacial score (nSPS) is 15.2. The van der Waals surface area contributed by atoms with Gasteiger partial charge in [-0.3, -0.25) is 9.69 Å². The molecule has 1 fully saturated rings. The molecule has 0 radical (unpaired) electrons. The van der Waals surface area contributed by atoms with E-state index in [1.807, 2.05) is 18.2 Å². The average molecular weight is 456 g/mol. The summed E-state index contributed by atoms with van der Waals surface area (Å²) in [6, 6.07) is 8.00. The molecular formula is C22H34ClN3O5. The molecule has 1 aliphatic heterocycles. The van der Waals surface area contributed by atoms with Crippen LogP contribution in [-0.2, 0) is 20.9 Å². The van der Waals surface area contributed by atoms with Crippen molar-refractivity contribution in [2.24, 2.45) is 11.3 Å². The number of carbonyl (C=O) groups excluding carboxylic acids is 1. The summed E-state index contributed by atoms with van der Waals surface area (Å²) in [5.41, 5.74) is 1.25. The second-order valence-corrected chi connectivity index (χ2v) is 9.28. The van der Waals surface area contributed by atoms with Gasteiger partial charge in [-0.1, -0.05) is 43.6 Å². The summed E-state index contributed by atoms with van der Waals surface area (Å²) >= 11 is 6.25. The van der Waals surface area contributed by atoms with E-state index in [1.54, 1.807) is 0 Å². The SMILES string of the molecule is CN(C)CC(C)(C)CNC(=O)C1CCN(Cc2ccccc2Cl)CC1.O=C(O)C(=O)O. The maximum absolute atomic E-state index is 12.5. The summed E-state index contributed by atoms with van der Waals surface area (Å²) < 4.78 is 0. The summed E-state index contributed by atoms with van der Waals surface area (Å²) in [5, 5.41) is 18.8. The molecule has 1 saturated heterocycles. The van der Waals surface area contributed by atoms with Crippen molar-refractivity contribution >= 4 is 29.4 Å². The molecule has 3 N–H and O–H groups in total. The molecule has 1 heterocycles. The zero-order valence-electron chi connectivity index (χ0n) is 18.7. The van der Waals surface area contributed by atoms with Gasteiger partial charge < -0.3 is 20.4 Å². The van der Waals surface area contributed by atoms with Crippen molar-refractivity contribution in [3.8, 4) is 0 Å². The molecule has 0 aromatic heterocycles. The standard InChI is InChI=1S/C20H32ClN3O.C2H2O4/c1-20(2,15-23(3)4)14-22-19(25)16-9-11-24(12-10-16)13-17-7-5-6-8-18(17)21;3-1(4)2(5)6/h5-8,16H,9-15H2,1-4H3,(H,22,25);(H,3,4)(H,5,6). The number of carboxylic acids is 2. The number of piperidine rings is 1. The molecule has 0 spiro atoms. The van der Waals surface area contributed by atoms with Crippen molar-refractivity contribution < 1.29 is 24.6 Å². The topological polar surface area (TPSA) is 110 Å². The van der Waals surface area contributed by atoms with Crippen LogP contribution < -0.4 is 5.32 Å². The van der Waals surface area contributed by atoms with E-state index in [4.69, 9.17) is 31.4 Å². The van der Waals surface area contributed by atoms with Gasteiger partial charge in [0.25, 0.3) is 0 Å². The van der Waals surface area contributed by atoms with E-state index >= 15 is 0 Å². The van der Waals surface area contributed by atoms with Crippen molar-refractivity contribution in [1.29, 1.82) is 0 Å². The van der Waals surface area contributed by atoms with Crippen LogP contribution >= 0.6 is 11.6 Å². The van der Waals surface area contributed by atoms with Gasteiger partial charge in [0, 0.05) is 30.6 Å². The maximum Gasteiger partial charge on any atom is 0.414 e. The van der Waals surface area contributed by atoms with Gasteiger partial charge in [-0.2, -0.15) is 0 Å². The smallest absolute Gasteiger partial charge is 0.414 e. The third-order valence-corrected chi connectivity index (χ3v) is 5.35. The number of benzene rings is 1. The molecule has 8 nitrogen and oxygen atoms in total. The Kier molecular flexibility index (Phi) is 11.0. The third-order valence-electron chi connectivity index (χ3n) is 4.98. The molecule has 9 heteroatoms. The second kappa shape index (κ2) is 12.6. The van der Waals surface area contributed by atoms with E-state index in [0.717, 1.165) is 56.2 Å². The molecule has 1 amide bonds. The van der Waals surface area contributed by atoms with E-state index in [2.05, 4.69) is 49.1 Å². The number of carbonyl (C=O) groups is 3. The summed E-state index contributed by atoms with van der Waals surface area (Å²) in [4.78, 5) is 35.2. The van der Waals surface area contributed by atoms with Crippen molar-refractivity contribution in [2.75, 3.05) is 40.3 Å². The highest BCUT2D eigenvalue weighted by atomic mass is 35.5. The molecule has 174 valence electrons. The lowest BCUT2D eigenvalue weighted by molar-refractivity contribution is -0.159. The van der Waals surface area contributed by atoms with E-state index in [0.29, 0.717) is 0 Å². The number of nitrogens with zero attached hydrogens (tertiary/aromatic N) is 2. The predicted octanol–water partition coefficient (Wildman–Crippen LogP) is 2.41. The third kappa shape index (κ3) is 10.6. The van der Waals surface area contributed by atoms with Gasteiger partial charge in [-0.25, -0.2) is 9.59 Å². The molecule has 0 atom stereocenters. The van der Waals surface area contributed by atoms with Crippen molar-refractivity contribution in [2.45, 2.75) is 33.2 Å². The van der Waals surface area contributed by atoms with Gasteiger partial charge in [0.1, 0.15) is 0 Å². The van der Waals surface area contributed by atoms with Crippen LogP contribution in [0, 0.1) is 11.3 Å². The Bertz CT molecular complexity index is 734. The van der Waals surface area contributed by atoms with Gasteiger partial charge >= 0.3 is 11.9 Å². The molecule has 0 unspecified atom stereocenters. The second-order valence-electron chi connectivity index (χ2n) is 8.87. The van der Waals surface area contributed by atoms with E-state index in [-0.39, 0.29) is 17.2 Å². The lowest BCUT2D eigenvalue weighted by Gasteiger charge is -2.33. The van der Waals surface area contributed by atoms with Gasteiger partial charge in [0.2, 0.25) is 5.91 Å². The minimum Gasteiger partial charge on any atom is -0.473 e. The first kappa shape index (κ1) is 26.9. The fraction of sp³-hybridized carbons (Fsp3) is 0.591. The number of hydrogen-bond acceptors (Lipinski definition) is 5. The summed E-state index contributed by atoms with van der Waals surface area (Å²) in [7, 11) is 4.14. The van der Waals surface area contributed by atoms with Gasteiger partial charge in [0.05, 0.1) is 0 Å². The fourth-order valence-corrected chi connectivity index (χ4v) is 3.80. The van der Waals surface area contributed by atoms with E-state index < -0.39 is 11.9 Å². The quantitative estimate of drug-likeness (QED) is 0.541.